The van der Waals surface area contributed by atoms with E-state index in [1.165, 1.54) is 0 Å². The van der Waals surface area contributed by atoms with Gasteiger partial charge in [-0.2, -0.15) is 13.2 Å². The number of halogens is 4. The first-order valence-electron chi connectivity index (χ1n) is 7.67. The zero-order chi connectivity index (χ0) is 20.9. The highest BCUT2D eigenvalue weighted by atomic mass is 79.9. The molecule has 0 radical (unpaired) electrons. The third kappa shape index (κ3) is 5.77. The van der Waals surface area contributed by atoms with Gasteiger partial charge in [-0.1, -0.05) is 6.92 Å². The Hall–Kier alpha value is -2.96. The monoisotopic (exact) mass is 462 g/mol. The first kappa shape index (κ1) is 21.3. The summed E-state index contributed by atoms with van der Waals surface area (Å²) in [6.45, 7) is 2.50. The number of carbonyl (C=O) groups is 2. The molecule has 0 fully saturated rings. The van der Waals surface area contributed by atoms with E-state index >= 15 is 0 Å². The average Bonchev–Trinajstić information content (AvgIpc) is 3.26. The number of imidazole rings is 1. The highest BCUT2D eigenvalue weighted by Gasteiger charge is 2.38. The molecule has 1 unspecified atom stereocenters. The summed E-state index contributed by atoms with van der Waals surface area (Å²) in [5, 5.41) is 14.1. The molecule has 0 bridgehead atoms. The number of amides is 1. The lowest BCUT2D eigenvalue weighted by Gasteiger charge is -2.10. The van der Waals surface area contributed by atoms with Crippen LogP contribution in [0, 0.1) is 0 Å². The third-order valence-electron chi connectivity index (χ3n) is 3.36. The number of H-pyrrole nitrogens is 1. The largest absolute Gasteiger partial charge is 0.490 e. The lowest BCUT2D eigenvalue weighted by Crippen LogP contribution is -2.28. The maximum absolute atomic E-state index is 12.2. The average molecular weight is 463 g/mol. The van der Waals surface area contributed by atoms with Crippen LogP contribution in [0.3, 0.4) is 0 Å². The highest BCUT2D eigenvalue weighted by Crippen LogP contribution is 2.13. The van der Waals surface area contributed by atoms with Crippen molar-refractivity contribution in [3.8, 4) is 0 Å². The number of aliphatic carboxylic acids is 1. The van der Waals surface area contributed by atoms with E-state index in [4.69, 9.17) is 9.90 Å². The van der Waals surface area contributed by atoms with Crippen LogP contribution >= 0.6 is 15.9 Å². The molecule has 0 saturated carbocycles. The molecule has 3 rings (SSSR count). The summed E-state index contributed by atoms with van der Waals surface area (Å²) in [5.74, 6) is -1.94. The van der Waals surface area contributed by atoms with E-state index in [9.17, 15) is 18.0 Å². The third-order valence-corrected chi connectivity index (χ3v) is 3.70. The number of pyridine rings is 1. The Morgan fingerprint density at radius 2 is 2.07 bits per heavy atom. The lowest BCUT2D eigenvalue weighted by atomic mass is 10.1. The maximum atomic E-state index is 12.2. The van der Waals surface area contributed by atoms with Crippen molar-refractivity contribution in [2.45, 2.75) is 19.0 Å². The van der Waals surface area contributed by atoms with Crippen LogP contribution < -0.4 is 5.32 Å². The van der Waals surface area contributed by atoms with Crippen molar-refractivity contribution in [3.63, 3.8) is 0 Å². The number of fused-ring (bicyclic) bond motifs is 1. The molecule has 28 heavy (non-hydrogen) atoms. The number of aromatic amines is 1. The molecule has 0 saturated heterocycles. The fourth-order valence-corrected chi connectivity index (χ4v) is 2.33. The van der Waals surface area contributed by atoms with E-state index in [1.807, 2.05) is 6.92 Å². The van der Waals surface area contributed by atoms with E-state index in [0.717, 1.165) is 5.82 Å². The molecule has 3 aromatic heterocycles. The van der Waals surface area contributed by atoms with Gasteiger partial charge < -0.3 is 15.4 Å². The highest BCUT2D eigenvalue weighted by molar-refractivity contribution is 9.10. The van der Waals surface area contributed by atoms with Gasteiger partial charge in [-0.05, 0) is 28.1 Å². The Balaban J connectivity index is 0.000000345. The molecule has 0 aliphatic carbocycles. The Kier molecular flexibility index (Phi) is 6.72. The van der Waals surface area contributed by atoms with Crippen LogP contribution in [0.1, 0.15) is 29.0 Å². The smallest absolute Gasteiger partial charge is 0.475 e. The summed E-state index contributed by atoms with van der Waals surface area (Å²) in [6.07, 6.45) is 0.0360. The molecule has 0 aliphatic rings. The number of nitrogens with one attached hydrogen (secondary N) is 2. The van der Waals surface area contributed by atoms with Crippen LogP contribution in [-0.4, -0.2) is 54.3 Å². The van der Waals surface area contributed by atoms with Crippen LogP contribution in [0.15, 0.2) is 35.5 Å². The first-order chi connectivity index (χ1) is 13.1. The van der Waals surface area contributed by atoms with Gasteiger partial charge in [0.05, 0.1) is 5.56 Å². The van der Waals surface area contributed by atoms with Crippen molar-refractivity contribution in [2.24, 2.45) is 0 Å². The predicted molar refractivity (Wildman–Crippen MR) is 93.7 cm³/mol. The standard InChI is InChI=1S/C13H13BrN6O.C2HF3O2/c1-8(11-15-4-5-16-11)6-17-12(21)9-2-3-10-18-13(14)19-20(10)7-9;3-2(4,5)1(6)7/h2-5,7-8H,6H2,1H3,(H,15,16)(H,17,21);(H,6,7). The van der Waals surface area contributed by atoms with E-state index in [2.05, 4.69) is 41.3 Å². The Labute approximate surface area is 164 Å². The van der Waals surface area contributed by atoms with Gasteiger partial charge in [0.15, 0.2) is 5.65 Å². The van der Waals surface area contributed by atoms with Crippen molar-refractivity contribution in [3.05, 3.63) is 46.8 Å². The number of alkyl halides is 3. The second-order valence-corrected chi connectivity index (χ2v) is 6.20. The number of hydrogen-bond acceptors (Lipinski definition) is 5. The van der Waals surface area contributed by atoms with Crippen molar-refractivity contribution < 1.29 is 27.9 Å². The van der Waals surface area contributed by atoms with Gasteiger partial charge in [0.25, 0.3) is 5.91 Å². The van der Waals surface area contributed by atoms with Crippen LogP contribution in [-0.2, 0) is 4.79 Å². The number of rotatable bonds is 4. The van der Waals surface area contributed by atoms with Gasteiger partial charge in [-0.3, -0.25) is 4.79 Å². The van der Waals surface area contributed by atoms with Crippen LogP contribution in [0.2, 0.25) is 0 Å². The van der Waals surface area contributed by atoms with Gasteiger partial charge in [0.2, 0.25) is 4.73 Å². The van der Waals surface area contributed by atoms with Gasteiger partial charge in [-0.25, -0.2) is 19.3 Å². The molecule has 3 heterocycles. The molecule has 0 spiro atoms. The SMILES string of the molecule is CC(CNC(=O)c1ccc2nc(Br)nn2c1)c1ncc[nH]1.O=C(O)C(F)(F)F. The summed E-state index contributed by atoms with van der Waals surface area (Å²) in [4.78, 5) is 32.4. The molecule has 1 atom stereocenters. The summed E-state index contributed by atoms with van der Waals surface area (Å²) in [5.41, 5.74) is 1.22. The molecular weight excluding hydrogens is 449 g/mol. The Morgan fingerprint density at radius 3 is 2.64 bits per heavy atom. The summed E-state index contributed by atoms with van der Waals surface area (Å²) in [6, 6.07) is 3.48. The molecule has 0 aliphatic heterocycles. The van der Waals surface area contributed by atoms with E-state index in [1.54, 1.807) is 35.2 Å². The molecular formula is C15H14BrF3N6O3. The minimum absolute atomic E-state index is 0.119. The molecule has 0 aromatic carbocycles. The summed E-state index contributed by atoms with van der Waals surface area (Å²) >= 11 is 3.20. The number of carbonyl (C=O) groups excluding carboxylic acids is 1. The zero-order valence-corrected chi connectivity index (χ0v) is 15.8. The molecule has 1 amide bonds. The molecule has 3 N–H and O–H groups in total. The fourth-order valence-electron chi connectivity index (χ4n) is 1.98. The van der Waals surface area contributed by atoms with E-state index in [0.29, 0.717) is 22.5 Å². The first-order valence-corrected chi connectivity index (χ1v) is 8.46. The number of aromatic nitrogens is 5. The van der Waals surface area contributed by atoms with Crippen molar-refractivity contribution in [2.75, 3.05) is 6.54 Å². The van der Waals surface area contributed by atoms with Crippen LogP contribution in [0.4, 0.5) is 13.2 Å². The molecule has 13 heteroatoms. The minimum atomic E-state index is -5.08. The van der Waals surface area contributed by atoms with Crippen LogP contribution in [0.5, 0.6) is 0 Å². The van der Waals surface area contributed by atoms with E-state index in [-0.39, 0.29) is 11.8 Å². The maximum Gasteiger partial charge on any atom is 0.490 e. The number of hydrogen-bond donors (Lipinski definition) is 3. The number of carboxylic acid groups (broad SMARTS) is 1. The van der Waals surface area contributed by atoms with Crippen molar-refractivity contribution >= 4 is 33.5 Å². The second kappa shape index (κ2) is 8.82. The normalized spacial score (nSPS) is 12.2. The zero-order valence-electron chi connectivity index (χ0n) is 14.2. The predicted octanol–water partition coefficient (Wildman–Crippen LogP) is 2.38. The van der Waals surface area contributed by atoms with Gasteiger partial charge in [0, 0.05) is 31.1 Å². The summed E-state index contributed by atoms with van der Waals surface area (Å²) < 4.78 is 33.8. The quantitative estimate of drug-likeness (QED) is 0.546. The molecule has 150 valence electrons. The molecule has 9 nitrogen and oxygen atoms in total. The van der Waals surface area contributed by atoms with Crippen molar-refractivity contribution in [1.29, 1.82) is 0 Å². The van der Waals surface area contributed by atoms with Crippen molar-refractivity contribution in [1.82, 2.24) is 29.9 Å². The van der Waals surface area contributed by atoms with Gasteiger partial charge in [0.1, 0.15) is 5.82 Å². The minimum Gasteiger partial charge on any atom is -0.475 e. The summed E-state index contributed by atoms with van der Waals surface area (Å²) in [7, 11) is 0. The molecule has 3 aromatic rings. The number of nitrogens with zero attached hydrogens (tertiary/aromatic N) is 4. The lowest BCUT2D eigenvalue weighted by molar-refractivity contribution is -0.192. The van der Waals surface area contributed by atoms with E-state index < -0.39 is 12.1 Å². The van der Waals surface area contributed by atoms with Gasteiger partial charge in [-0.15, -0.1) is 5.10 Å². The topological polar surface area (TPSA) is 125 Å². The number of carboxylic acids is 1. The Bertz CT molecular complexity index is 958. The Morgan fingerprint density at radius 1 is 1.39 bits per heavy atom. The van der Waals surface area contributed by atoms with Crippen LogP contribution in [0.25, 0.3) is 5.65 Å². The second-order valence-electron chi connectivity index (χ2n) is 5.49. The fraction of sp³-hybridized carbons (Fsp3) is 0.267. The van der Waals surface area contributed by atoms with Gasteiger partial charge >= 0.3 is 12.1 Å².